The van der Waals surface area contributed by atoms with Crippen molar-refractivity contribution in [2.75, 3.05) is 18.5 Å². The molecule has 200 valence electrons. The lowest BCUT2D eigenvalue weighted by Gasteiger charge is -2.27. The monoisotopic (exact) mass is 559 g/mol. The number of rotatable bonds is 10. The van der Waals surface area contributed by atoms with E-state index < -0.39 is 27.8 Å². The number of sulfone groups is 1. The van der Waals surface area contributed by atoms with Gasteiger partial charge in [-0.2, -0.15) is 0 Å². The Hall–Kier alpha value is -3.39. The normalized spacial score (nSPS) is 17.1. The van der Waals surface area contributed by atoms with Crippen LogP contribution in [-0.2, 0) is 24.1 Å². The number of aromatic nitrogens is 2. The Morgan fingerprint density at radius 2 is 1.82 bits per heavy atom. The molecule has 1 saturated carbocycles. The van der Waals surface area contributed by atoms with Gasteiger partial charge in [-0.1, -0.05) is 23.5 Å². The van der Waals surface area contributed by atoms with Gasteiger partial charge in [0, 0.05) is 19.4 Å². The molecule has 0 radical (unpaired) electrons. The number of hydrogen-bond donors (Lipinski definition) is 2. The predicted octanol–water partition coefficient (Wildman–Crippen LogP) is 3.84. The zero-order valence-electron chi connectivity index (χ0n) is 20.1. The van der Waals surface area contributed by atoms with E-state index in [-0.39, 0.29) is 32.7 Å². The van der Waals surface area contributed by atoms with Crippen molar-refractivity contribution in [3.05, 3.63) is 60.0 Å². The lowest BCUT2D eigenvalue weighted by molar-refractivity contribution is -0.136. The molecule has 3 aromatic rings. The number of nitrogens with one attached hydrogen (secondary N) is 1. The molecule has 13 heteroatoms. The molecule has 0 spiro atoms. The fraction of sp³-hybridized carbons (Fsp3) is 0.360. The molecule has 2 aliphatic rings. The fourth-order valence-corrected chi connectivity index (χ4v) is 6.29. The molecular formula is C25H25N3O8S2. The number of thiazole rings is 1. The summed E-state index contributed by atoms with van der Waals surface area (Å²) in [6.07, 6.45) is 5.40. The fourth-order valence-electron chi connectivity index (χ4n) is 3.94. The van der Waals surface area contributed by atoms with Crippen LogP contribution < -0.4 is 10.1 Å². The summed E-state index contributed by atoms with van der Waals surface area (Å²) in [5, 5.41) is 12.1. The first kappa shape index (κ1) is 26.2. The highest BCUT2D eigenvalue weighted by atomic mass is 32.2. The largest absolute Gasteiger partial charge is 0.478 e. The molecule has 0 bridgehead atoms. The summed E-state index contributed by atoms with van der Waals surface area (Å²) in [5.41, 5.74) is 0.498. The Labute approximate surface area is 222 Å². The third-order valence-corrected chi connectivity index (χ3v) is 9.17. The van der Waals surface area contributed by atoms with E-state index in [0.717, 1.165) is 11.3 Å². The molecule has 3 heterocycles. The van der Waals surface area contributed by atoms with Crippen molar-refractivity contribution in [3.63, 3.8) is 0 Å². The molecule has 1 unspecified atom stereocenters. The molecule has 1 aliphatic heterocycles. The summed E-state index contributed by atoms with van der Waals surface area (Å²) in [4.78, 5) is 32.8. The minimum atomic E-state index is -3.35. The van der Waals surface area contributed by atoms with E-state index in [1.165, 1.54) is 36.8 Å². The van der Waals surface area contributed by atoms with Crippen molar-refractivity contribution < 1.29 is 37.3 Å². The number of carboxylic acid groups (broad SMARTS) is 1. The first-order chi connectivity index (χ1) is 18.3. The molecule has 2 fully saturated rings. The van der Waals surface area contributed by atoms with Gasteiger partial charge < -0.3 is 19.3 Å². The smallest absolute Gasteiger partial charge is 0.337 e. The van der Waals surface area contributed by atoms with E-state index in [4.69, 9.17) is 19.3 Å². The van der Waals surface area contributed by atoms with Crippen LogP contribution in [0.5, 0.6) is 10.8 Å². The lowest BCUT2D eigenvalue weighted by atomic mass is 10.1. The topological polar surface area (TPSA) is 154 Å². The number of aromatic carboxylic acids is 1. The van der Waals surface area contributed by atoms with Gasteiger partial charge in [0.2, 0.25) is 5.06 Å². The van der Waals surface area contributed by atoms with Gasteiger partial charge in [-0.05, 0) is 49.4 Å². The van der Waals surface area contributed by atoms with Crippen molar-refractivity contribution in [1.29, 1.82) is 0 Å². The standard InChI is InChI=1S/C25H25N3O8S2/c29-23(28-25-27-14-21(37-25)35-18-11-16(24(30)31)12-26-13-18)22(36-17-7-9-34-10-8-17)15-1-3-19(4-2-15)38(32,33)20-5-6-20/h1-4,11-14,17,20,22H,5-10H2,(H,30,31)(H,27,28,29). The highest BCUT2D eigenvalue weighted by Crippen LogP contribution is 2.35. The van der Waals surface area contributed by atoms with Crippen molar-refractivity contribution >= 4 is 38.2 Å². The molecule has 2 N–H and O–H groups in total. The predicted molar refractivity (Wildman–Crippen MR) is 136 cm³/mol. The van der Waals surface area contributed by atoms with Crippen LogP contribution in [0.2, 0.25) is 0 Å². The van der Waals surface area contributed by atoms with Gasteiger partial charge in [0.1, 0.15) is 5.75 Å². The van der Waals surface area contributed by atoms with Crippen LogP contribution in [0.4, 0.5) is 5.13 Å². The molecule has 2 aromatic heterocycles. The Morgan fingerprint density at radius 1 is 1.08 bits per heavy atom. The summed E-state index contributed by atoms with van der Waals surface area (Å²) in [5.74, 6) is -1.38. The van der Waals surface area contributed by atoms with Crippen LogP contribution >= 0.6 is 11.3 Å². The van der Waals surface area contributed by atoms with Gasteiger partial charge in [-0.25, -0.2) is 18.2 Å². The summed E-state index contributed by atoms with van der Waals surface area (Å²) in [6, 6.07) is 7.59. The second-order valence-corrected chi connectivity index (χ2v) is 12.2. The summed E-state index contributed by atoms with van der Waals surface area (Å²) >= 11 is 1.05. The number of ether oxygens (including phenoxy) is 3. The highest BCUT2D eigenvalue weighted by Gasteiger charge is 2.37. The van der Waals surface area contributed by atoms with Gasteiger partial charge in [0.25, 0.3) is 5.91 Å². The summed E-state index contributed by atoms with van der Waals surface area (Å²) in [6.45, 7) is 1.06. The van der Waals surface area contributed by atoms with Crippen LogP contribution in [0.15, 0.2) is 53.8 Å². The van der Waals surface area contributed by atoms with E-state index in [2.05, 4.69) is 15.3 Å². The average Bonchev–Trinajstić information content (AvgIpc) is 3.70. The quantitative estimate of drug-likeness (QED) is 0.374. The van der Waals surface area contributed by atoms with E-state index in [9.17, 15) is 18.0 Å². The SMILES string of the molecule is O=C(O)c1cncc(Oc2cnc(NC(=O)C(OC3CCOCC3)c3ccc(S(=O)(=O)C4CC4)cc3)s2)c1. The summed E-state index contributed by atoms with van der Waals surface area (Å²) in [7, 11) is -3.35. The van der Waals surface area contributed by atoms with Crippen LogP contribution in [0, 0.1) is 0 Å². The molecule has 1 atom stereocenters. The minimum absolute atomic E-state index is 0.0235. The van der Waals surface area contributed by atoms with Crippen LogP contribution in [0.25, 0.3) is 0 Å². The van der Waals surface area contributed by atoms with Crippen molar-refractivity contribution in [1.82, 2.24) is 9.97 Å². The van der Waals surface area contributed by atoms with E-state index >= 15 is 0 Å². The second kappa shape index (κ2) is 11.2. The maximum Gasteiger partial charge on any atom is 0.337 e. The van der Waals surface area contributed by atoms with Crippen molar-refractivity contribution in [2.45, 2.75) is 48.0 Å². The van der Waals surface area contributed by atoms with Gasteiger partial charge >= 0.3 is 5.97 Å². The second-order valence-electron chi connectivity index (χ2n) is 8.93. The number of benzene rings is 1. The van der Waals surface area contributed by atoms with Crippen molar-refractivity contribution in [2.24, 2.45) is 0 Å². The minimum Gasteiger partial charge on any atom is -0.478 e. The first-order valence-electron chi connectivity index (χ1n) is 12.0. The van der Waals surface area contributed by atoms with Crippen LogP contribution in [0.1, 0.15) is 47.7 Å². The molecule has 1 aliphatic carbocycles. The zero-order chi connectivity index (χ0) is 26.7. The zero-order valence-corrected chi connectivity index (χ0v) is 21.7. The Balaban J connectivity index is 1.31. The van der Waals surface area contributed by atoms with Crippen molar-refractivity contribution in [3.8, 4) is 10.8 Å². The molecule has 1 saturated heterocycles. The molecule has 38 heavy (non-hydrogen) atoms. The van der Waals surface area contributed by atoms with Gasteiger partial charge in [0.05, 0.1) is 34.2 Å². The van der Waals surface area contributed by atoms with Gasteiger partial charge in [-0.15, -0.1) is 0 Å². The van der Waals surface area contributed by atoms with E-state index in [1.54, 1.807) is 12.1 Å². The van der Waals surface area contributed by atoms with Gasteiger partial charge in [0.15, 0.2) is 21.1 Å². The third kappa shape index (κ3) is 6.18. The first-order valence-corrected chi connectivity index (χ1v) is 14.4. The maximum absolute atomic E-state index is 13.3. The van der Waals surface area contributed by atoms with Crippen LogP contribution in [-0.4, -0.2) is 59.9 Å². The van der Waals surface area contributed by atoms with E-state index in [1.807, 2.05) is 0 Å². The number of anilines is 1. The summed E-state index contributed by atoms with van der Waals surface area (Å²) < 4.78 is 42.4. The van der Waals surface area contributed by atoms with Crippen LogP contribution in [0.3, 0.4) is 0 Å². The Morgan fingerprint density at radius 3 is 2.50 bits per heavy atom. The van der Waals surface area contributed by atoms with Gasteiger partial charge in [-0.3, -0.25) is 15.1 Å². The maximum atomic E-state index is 13.3. The molecule has 1 amide bonds. The number of amides is 1. The number of carboxylic acids is 1. The number of hydrogen-bond acceptors (Lipinski definition) is 10. The third-order valence-electron chi connectivity index (χ3n) is 6.10. The van der Waals surface area contributed by atoms with E-state index in [0.29, 0.717) is 49.5 Å². The molecule has 11 nitrogen and oxygen atoms in total. The average molecular weight is 560 g/mol. The molecular weight excluding hydrogens is 534 g/mol. The number of carbonyl (C=O) groups excluding carboxylic acids is 1. The number of carbonyl (C=O) groups is 2. The Kier molecular flexibility index (Phi) is 7.70. The number of nitrogens with zero attached hydrogens (tertiary/aromatic N) is 2. The highest BCUT2D eigenvalue weighted by molar-refractivity contribution is 7.92. The lowest BCUT2D eigenvalue weighted by Crippen LogP contribution is -2.31. The molecule has 1 aromatic carbocycles. The Bertz CT molecular complexity index is 1410. The number of pyridine rings is 1. The molecule has 5 rings (SSSR count).